The molecule has 0 aliphatic carbocycles. The van der Waals surface area contributed by atoms with Gasteiger partial charge in [0.1, 0.15) is 0 Å². The van der Waals surface area contributed by atoms with Crippen molar-refractivity contribution in [2.75, 3.05) is 32.8 Å². The zero-order chi connectivity index (χ0) is 12.7. The maximum Gasteiger partial charge on any atom is 0.224 e. The average Bonchev–Trinajstić information content (AvgIpc) is 2.36. The molecule has 0 radical (unpaired) electrons. The van der Waals surface area contributed by atoms with E-state index in [0.29, 0.717) is 32.7 Å². The van der Waals surface area contributed by atoms with Gasteiger partial charge in [0.2, 0.25) is 5.91 Å². The lowest BCUT2D eigenvalue weighted by atomic mass is 10.1. The number of morpholine rings is 1. The van der Waals surface area contributed by atoms with Gasteiger partial charge in [-0.3, -0.25) is 4.79 Å². The first-order valence-corrected chi connectivity index (χ1v) is 6.15. The maximum atomic E-state index is 12.0. The van der Waals surface area contributed by atoms with E-state index in [9.17, 15) is 4.79 Å². The quantitative estimate of drug-likeness (QED) is 0.753. The van der Waals surface area contributed by atoms with Crippen molar-refractivity contribution in [3.05, 3.63) is 0 Å². The monoisotopic (exact) mass is 239 g/mol. The van der Waals surface area contributed by atoms with Gasteiger partial charge >= 0.3 is 0 Å². The van der Waals surface area contributed by atoms with Crippen LogP contribution in [-0.4, -0.2) is 49.7 Å². The predicted molar refractivity (Wildman–Crippen MR) is 64.3 cm³/mol. The topological polar surface area (TPSA) is 65.4 Å². The summed E-state index contributed by atoms with van der Waals surface area (Å²) in [7, 11) is 0. The third kappa shape index (κ3) is 4.72. The number of rotatable bonds is 5. The highest BCUT2D eigenvalue weighted by Gasteiger charge is 2.21. The minimum Gasteiger partial charge on any atom is -0.378 e. The summed E-state index contributed by atoms with van der Waals surface area (Å²) in [5.74, 6) is -0.0212. The fourth-order valence-corrected chi connectivity index (χ4v) is 1.87. The molecular weight excluding hydrogens is 218 g/mol. The Morgan fingerprint density at radius 1 is 1.71 bits per heavy atom. The zero-order valence-corrected chi connectivity index (χ0v) is 10.6. The van der Waals surface area contributed by atoms with Crippen LogP contribution in [0.5, 0.6) is 0 Å². The Kier molecular flexibility index (Phi) is 5.95. The summed E-state index contributed by atoms with van der Waals surface area (Å²) in [5.41, 5.74) is 0. The van der Waals surface area contributed by atoms with E-state index in [1.165, 1.54) is 0 Å². The van der Waals surface area contributed by atoms with Crippen LogP contribution < -0.4 is 5.32 Å². The molecule has 0 aromatic rings. The van der Waals surface area contributed by atoms with Crippen molar-refractivity contribution in [2.45, 2.75) is 26.3 Å². The highest BCUT2D eigenvalue weighted by atomic mass is 16.5. The van der Waals surface area contributed by atoms with Crippen LogP contribution in [0.15, 0.2) is 0 Å². The zero-order valence-electron chi connectivity index (χ0n) is 10.6. The molecule has 1 amide bonds. The van der Waals surface area contributed by atoms with Crippen LogP contribution in [0.1, 0.15) is 20.3 Å². The number of ether oxygens (including phenoxy) is 1. The number of amides is 1. The molecule has 1 rings (SSSR count). The molecule has 1 heterocycles. The largest absolute Gasteiger partial charge is 0.378 e. The summed E-state index contributed by atoms with van der Waals surface area (Å²) in [6, 6.07) is 2.27. The van der Waals surface area contributed by atoms with Crippen LogP contribution in [0.4, 0.5) is 0 Å². The van der Waals surface area contributed by atoms with Crippen molar-refractivity contribution in [2.24, 2.45) is 5.92 Å². The fourth-order valence-electron chi connectivity index (χ4n) is 1.87. The van der Waals surface area contributed by atoms with Crippen molar-refractivity contribution in [1.29, 1.82) is 5.26 Å². The van der Waals surface area contributed by atoms with Gasteiger partial charge in [-0.1, -0.05) is 0 Å². The number of nitrogens with zero attached hydrogens (tertiary/aromatic N) is 2. The van der Waals surface area contributed by atoms with Crippen LogP contribution in [-0.2, 0) is 9.53 Å². The van der Waals surface area contributed by atoms with Crippen molar-refractivity contribution >= 4 is 5.91 Å². The van der Waals surface area contributed by atoms with Crippen LogP contribution in [0.2, 0.25) is 0 Å². The normalized spacial score (nSPS) is 21.6. The molecule has 5 heteroatoms. The van der Waals surface area contributed by atoms with E-state index in [-0.39, 0.29) is 17.9 Å². The number of carbonyl (C=O) groups is 1. The van der Waals surface area contributed by atoms with Crippen LogP contribution >= 0.6 is 0 Å². The number of hydrogen-bond acceptors (Lipinski definition) is 4. The van der Waals surface area contributed by atoms with E-state index in [1.807, 2.05) is 13.8 Å². The maximum absolute atomic E-state index is 12.0. The van der Waals surface area contributed by atoms with Crippen molar-refractivity contribution in [3.8, 4) is 6.07 Å². The number of nitrogens with one attached hydrogen (secondary N) is 1. The lowest BCUT2D eigenvalue weighted by Gasteiger charge is -2.27. The molecule has 2 atom stereocenters. The van der Waals surface area contributed by atoms with Crippen molar-refractivity contribution in [3.63, 3.8) is 0 Å². The molecule has 0 saturated carbocycles. The van der Waals surface area contributed by atoms with Crippen LogP contribution in [0.25, 0.3) is 0 Å². The Labute approximate surface area is 103 Å². The SMILES string of the molecule is CCN(CC(C)C#N)C(=O)CC1COCCN1. The van der Waals surface area contributed by atoms with Gasteiger partial charge in [-0.25, -0.2) is 0 Å². The summed E-state index contributed by atoms with van der Waals surface area (Å²) >= 11 is 0. The van der Waals surface area contributed by atoms with E-state index in [1.54, 1.807) is 4.90 Å². The molecule has 17 heavy (non-hydrogen) atoms. The fraction of sp³-hybridized carbons (Fsp3) is 0.833. The van der Waals surface area contributed by atoms with Gasteiger partial charge in [0.15, 0.2) is 0 Å². The minimum absolute atomic E-state index is 0.0950. The highest BCUT2D eigenvalue weighted by molar-refractivity contribution is 5.76. The molecule has 5 nitrogen and oxygen atoms in total. The highest BCUT2D eigenvalue weighted by Crippen LogP contribution is 2.05. The Morgan fingerprint density at radius 2 is 2.47 bits per heavy atom. The lowest BCUT2D eigenvalue weighted by molar-refractivity contribution is -0.132. The Morgan fingerprint density at radius 3 is 3.00 bits per heavy atom. The van der Waals surface area contributed by atoms with Crippen LogP contribution in [0.3, 0.4) is 0 Å². The molecule has 1 fully saturated rings. The van der Waals surface area contributed by atoms with E-state index in [4.69, 9.17) is 10.00 Å². The number of carbonyl (C=O) groups excluding carboxylic acids is 1. The summed E-state index contributed by atoms with van der Waals surface area (Å²) in [6.07, 6.45) is 0.450. The Hall–Kier alpha value is -1.12. The van der Waals surface area contributed by atoms with Crippen LogP contribution in [0, 0.1) is 17.2 Å². The summed E-state index contributed by atoms with van der Waals surface area (Å²) in [6.45, 7) is 7.05. The molecule has 0 spiro atoms. The standard InChI is InChI=1S/C12H21N3O2/c1-3-15(8-10(2)7-13)12(16)6-11-9-17-5-4-14-11/h10-11,14H,3-6,8-9H2,1-2H3. The Bertz CT molecular complexity index is 282. The lowest BCUT2D eigenvalue weighted by Crippen LogP contribution is -2.45. The molecule has 0 aromatic heterocycles. The van der Waals surface area contributed by atoms with Crippen molar-refractivity contribution in [1.82, 2.24) is 10.2 Å². The first-order chi connectivity index (χ1) is 8.17. The molecule has 1 saturated heterocycles. The number of hydrogen-bond donors (Lipinski definition) is 1. The summed E-state index contributed by atoms with van der Waals surface area (Å²) < 4.78 is 5.31. The summed E-state index contributed by atoms with van der Waals surface area (Å²) in [5, 5.41) is 12.0. The second kappa shape index (κ2) is 7.25. The van der Waals surface area contributed by atoms with Gasteiger partial charge in [-0.2, -0.15) is 5.26 Å². The van der Waals surface area contributed by atoms with Crippen molar-refractivity contribution < 1.29 is 9.53 Å². The molecule has 2 unspecified atom stereocenters. The smallest absolute Gasteiger partial charge is 0.224 e. The minimum atomic E-state index is -0.116. The first-order valence-electron chi connectivity index (χ1n) is 6.15. The average molecular weight is 239 g/mol. The van der Waals surface area contributed by atoms with E-state index in [0.717, 1.165) is 6.54 Å². The third-order valence-corrected chi connectivity index (χ3v) is 2.87. The Balaban J connectivity index is 2.40. The molecule has 1 aliphatic heterocycles. The van der Waals surface area contributed by atoms with Gasteiger partial charge in [0, 0.05) is 32.1 Å². The van der Waals surface area contributed by atoms with E-state index >= 15 is 0 Å². The molecule has 0 aromatic carbocycles. The molecular formula is C12H21N3O2. The molecule has 0 bridgehead atoms. The molecule has 1 aliphatic rings. The third-order valence-electron chi connectivity index (χ3n) is 2.87. The molecule has 96 valence electrons. The van der Waals surface area contributed by atoms with E-state index < -0.39 is 0 Å². The van der Waals surface area contributed by atoms with E-state index in [2.05, 4.69) is 11.4 Å². The van der Waals surface area contributed by atoms with Gasteiger partial charge < -0.3 is 15.0 Å². The van der Waals surface area contributed by atoms with Gasteiger partial charge in [0.25, 0.3) is 0 Å². The van der Waals surface area contributed by atoms with Gasteiger partial charge in [-0.15, -0.1) is 0 Å². The van der Waals surface area contributed by atoms with Gasteiger partial charge in [-0.05, 0) is 13.8 Å². The molecule has 1 N–H and O–H groups in total. The number of nitriles is 1. The second-order valence-corrected chi connectivity index (χ2v) is 4.39. The van der Waals surface area contributed by atoms with Gasteiger partial charge in [0.05, 0.1) is 25.2 Å². The second-order valence-electron chi connectivity index (χ2n) is 4.39. The predicted octanol–water partition coefficient (Wildman–Crippen LogP) is 0.373. The first kappa shape index (κ1) is 13.9. The summed E-state index contributed by atoms with van der Waals surface area (Å²) in [4.78, 5) is 13.8.